The highest BCUT2D eigenvalue weighted by molar-refractivity contribution is 7.89. The van der Waals surface area contributed by atoms with Gasteiger partial charge in [0.15, 0.2) is 0 Å². The SMILES string of the molecule is Cc1cc(Nc2ccccc2)nc(N2CCN(S(=O)(=O)c3ccc([N+](=O)[O-])cc3)CC2)n1. The summed E-state index contributed by atoms with van der Waals surface area (Å²) in [6, 6.07) is 16.5. The number of para-hydroxylation sites is 1. The van der Waals surface area contributed by atoms with E-state index in [1.807, 2.05) is 48.2 Å². The van der Waals surface area contributed by atoms with Gasteiger partial charge in [-0.05, 0) is 31.2 Å². The molecule has 1 aliphatic heterocycles. The Balaban J connectivity index is 1.46. The van der Waals surface area contributed by atoms with E-state index in [0.29, 0.717) is 24.9 Å². The third kappa shape index (κ3) is 4.68. The van der Waals surface area contributed by atoms with Crippen molar-refractivity contribution in [3.8, 4) is 0 Å². The molecule has 32 heavy (non-hydrogen) atoms. The Hall–Kier alpha value is -3.57. The van der Waals surface area contributed by atoms with Crippen molar-refractivity contribution >= 4 is 33.2 Å². The Morgan fingerprint density at radius 3 is 2.25 bits per heavy atom. The second-order valence-electron chi connectivity index (χ2n) is 7.33. The molecule has 1 aliphatic rings. The molecule has 0 radical (unpaired) electrons. The Morgan fingerprint density at radius 2 is 1.62 bits per heavy atom. The summed E-state index contributed by atoms with van der Waals surface area (Å²) >= 11 is 0. The zero-order chi connectivity index (χ0) is 22.7. The number of nitro groups is 1. The first kappa shape index (κ1) is 21.7. The molecule has 2 aromatic carbocycles. The summed E-state index contributed by atoms with van der Waals surface area (Å²) in [5.41, 5.74) is 1.57. The van der Waals surface area contributed by atoms with Gasteiger partial charge < -0.3 is 10.2 Å². The lowest BCUT2D eigenvalue weighted by molar-refractivity contribution is -0.384. The lowest BCUT2D eigenvalue weighted by Crippen LogP contribution is -2.49. The van der Waals surface area contributed by atoms with Crippen LogP contribution in [0.15, 0.2) is 65.6 Å². The lowest BCUT2D eigenvalue weighted by Gasteiger charge is -2.34. The van der Waals surface area contributed by atoms with Crippen molar-refractivity contribution in [2.45, 2.75) is 11.8 Å². The number of non-ortho nitro benzene ring substituents is 1. The number of benzene rings is 2. The molecule has 2 heterocycles. The number of nitrogens with one attached hydrogen (secondary N) is 1. The number of piperazine rings is 1. The first-order chi connectivity index (χ1) is 15.3. The second-order valence-corrected chi connectivity index (χ2v) is 9.27. The summed E-state index contributed by atoms with van der Waals surface area (Å²) < 4.78 is 27.2. The predicted molar refractivity (Wildman–Crippen MR) is 121 cm³/mol. The maximum absolute atomic E-state index is 12.9. The quantitative estimate of drug-likeness (QED) is 0.446. The van der Waals surface area contributed by atoms with Crippen molar-refractivity contribution in [2.75, 3.05) is 36.4 Å². The minimum atomic E-state index is -3.74. The molecule has 0 amide bonds. The monoisotopic (exact) mass is 454 g/mol. The van der Waals surface area contributed by atoms with Gasteiger partial charge in [0.2, 0.25) is 16.0 Å². The van der Waals surface area contributed by atoms with E-state index in [-0.39, 0.29) is 23.7 Å². The number of nitrogens with zero attached hydrogens (tertiary/aromatic N) is 5. The van der Waals surface area contributed by atoms with Crippen LogP contribution in [0.3, 0.4) is 0 Å². The van der Waals surface area contributed by atoms with E-state index >= 15 is 0 Å². The highest BCUT2D eigenvalue weighted by Gasteiger charge is 2.29. The first-order valence-electron chi connectivity index (χ1n) is 10.0. The van der Waals surface area contributed by atoms with Gasteiger partial charge in [-0.2, -0.15) is 9.29 Å². The maximum Gasteiger partial charge on any atom is 0.269 e. The minimum Gasteiger partial charge on any atom is -0.340 e. The fourth-order valence-electron chi connectivity index (χ4n) is 3.45. The number of sulfonamides is 1. The van der Waals surface area contributed by atoms with Crippen LogP contribution < -0.4 is 10.2 Å². The van der Waals surface area contributed by atoms with Crippen LogP contribution >= 0.6 is 0 Å². The van der Waals surface area contributed by atoms with Gasteiger partial charge in [-0.3, -0.25) is 10.1 Å². The summed E-state index contributed by atoms with van der Waals surface area (Å²) in [6.45, 7) is 3.27. The molecule has 1 N–H and O–H groups in total. The van der Waals surface area contributed by atoms with Crippen LogP contribution in [0.2, 0.25) is 0 Å². The van der Waals surface area contributed by atoms with Crippen molar-refractivity contribution in [2.24, 2.45) is 0 Å². The van der Waals surface area contributed by atoms with Crippen LogP contribution in [-0.4, -0.2) is 53.8 Å². The molecule has 0 aliphatic carbocycles. The van der Waals surface area contributed by atoms with E-state index < -0.39 is 14.9 Å². The molecular formula is C21H22N6O4S. The van der Waals surface area contributed by atoms with Gasteiger partial charge in [0, 0.05) is 55.8 Å². The molecule has 10 nitrogen and oxygen atoms in total. The third-order valence-corrected chi connectivity index (χ3v) is 7.01. The van der Waals surface area contributed by atoms with Gasteiger partial charge in [-0.15, -0.1) is 0 Å². The Kier molecular flexibility index (Phi) is 6.01. The summed E-state index contributed by atoms with van der Waals surface area (Å²) in [4.78, 5) is 21.3. The molecular weight excluding hydrogens is 432 g/mol. The van der Waals surface area contributed by atoms with Gasteiger partial charge in [0.25, 0.3) is 5.69 Å². The van der Waals surface area contributed by atoms with Crippen molar-refractivity contribution in [3.63, 3.8) is 0 Å². The van der Waals surface area contributed by atoms with E-state index in [0.717, 1.165) is 11.4 Å². The fourth-order valence-corrected chi connectivity index (χ4v) is 4.87. The van der Waals surface area contributed by atoms with E-state index in [2.05, 4.69) is 15.3 Å². The van der Waals surface area contributed by atoms with E-state index in [1.165, 1.54) is 28.6 Å². The summed E-state index contributed by atoms with van der Waals surface area (Å²) in [7, 11) is -3.74. The zero-order valence-corrected chi connectivity index (χ0v) is 18.2. The van der Waals surface area contributed by atoms with Crippen LogP contribution in [0.1, 0.15) is 5.69 Å². The van der Waals surface area contributed by atoms with Gasteiger partial charge in [0.05, 0.1) is 9.82 Å². The largest absolute Gasteiger partial charge is 0.340 e. The standard InChI is InChI=1S/C21H22N6O4S/c1-16-15-20(23-17-5-3-2-4-6-17)24-21(22-16)25-11-13-26(14-12-25)32(30,31)19-9-7-18(8-10-19)27(28)29/h2-10,15H,11-14H2,1H3,(H,22,23,24). The number of aryl methyl sites for hydroxylation is 1. The summed E-state index contributed by atoms with van der Waals surface area (Å²) in [5, 5.41) is 14.1. The topological polar surface area (TPSA) is 122 Å². The van der Waals surface area contributed by atoms with Crippen LogP contribution in [0, 0.1) is 17.0 Å². The lowest BCUT2D eigenvalue weighted by atomic mass is 10.3. The summed E-state index contributed by atoms with van der Waals surface area (Å²) in [5.74, 6) is 1.20. The molecule has 0 unspecified atom stereocenters. The maximum atomic E-state index is 12.9. The highest BCUT2D eigenvalue weighted by atomic mass is 32.2. The second kappa shape index (κ2) is 8.89. The van der Waals surface area contributed by atoms with Gasteiger partial charge >= 0.3 is 0 Å². The van der Waals surface area contributed by atoms with Crippen LogP contribution in [0.25, 0.3) is 0 Å². The van der Waals surface area contributed by atoms with Crippen LogP contribution in [0.4, 0.5) is 23.1 Å². The average molecular weight is 455 g/mol. The molecule has 0 saturated carbocycles. The van der Waals surface area contributed by atoms with Gasteiger partial charge in [-0.1, -0.05) is 18.2 Å². The van der Waals surface area contributed by atoms with E-state index in [4.69, 9.17) is 0 Å². The molecule has 4 rings (SSSR count). The number of rotatable bonds is 6. The highest BCUT2D eigenvalue weighted by Crippen LogP contribution is 2.23. The normalized spacial score (nSPS) is 14.8. The van der Waals surface area contributed by atoms with Crippen molar-refractivity contribution in [1.82, 2.24) is 14.3 Å². The van der Waals surface area contributed by atoms with Crippen molar-refractivity contribution in [3.05, 3.63) is 76.5 Å². The number of aromatic nitrogens is 2. The average Bonchev–Trinajstić information content (AvgIpc) is 2.79. The van der Waals surface area contributed by atoms with E-state index in [9.17, 15) is 18.5 Å². The predicted octanol–water partition coefficient (Wildman–Crippen LogP) is 2.95. The molecule has 1 aromatic heterocycles. The molecule has 0 bridgehead atoms. The fraction of sp³-hybridized carbons (Fsp3) is 0.238. The summed E-state index contributed by atoms with van der Waals surface area (Å²) in [6.07, 6.45) is 0. The third-order valence-electron chi connectivity index (χ3n) is 5.10. The molecule has 0 atom stereocenters. The minimum absolute atomic E-state index is 0.0395. The number of nitro benzene ring substituents is 1. The molecule has 0 spiro atoms. The zero-order valence-electron chi connectivity index (χ0n) is 17.4. The van der Waals surface area contributed by atoms with Gasteiger partial charge in [-0.25, -0.2) is 13.4 Å². The molecule has 11 heteroatoms. The smallest absolute Gasteiger partial charge is 0.269 e. The molecule has 3 aromatic rings. The molecule has 1 saturated heterocycles. The molecule has 1 fully saturated rings. The number of anilines is 3. The molecule has 166 valence electrons. The number of hydrogen-bond acceptors (Lipinski definition) is 8. The van der Waals surface area contributed by atoms with Crippen molar-refractivity contribution in [1.29, 1.82) is 0 Å². The van der Waals surface area contributed by atoms with Crippen LogP contribution in [0.5, 0.6) is 0 Å². The van der Waals surface area contributed by atoms with E-state index in [1.54, 1.807) is 0 Å². The Labute approximate surface area is 185 Å². The number of hydrogen-bond donors (Lipinski definition) is 1. The van der Waals surface area contributed by atoms with Crippen LogP contribution in [-0.2, 0) is 10.0 Å². The Bertz CT molecular complexity index is 1210. The Morgan fingerprint density at radius 1 is 0.969 bits per heavy atom. The van der Waals surface area contributed by atoms with Crippen molar-refractivity contribution < 1.29 is 13.3 Å². The first-order valence-corrected chi connectivity index (χ1v) is 11.4. The van der Waals surface area contributed by atoms with Gasteiger partial charge in [0.1, 0.15) is 5.82 Å².